The third kappa shape index (κ3) is 6.63. The number of benzene rings is 3. The molecular weight excluding hydrogens is 454 g/mol. The average molecular weight is 486 g/mol. The number of aliphatic imine (C=N–C) groups is 1. The molecule has 8 nitrogen and oxygen atoms in total. The van der Waals surface area contributed by atoms with Crippen molar-refractivity contribution in [2.45, 2.75) is 20.8 Å². The van der Waals surface area contributed by atoms with Crippen molar-refractivity contribution in [3.63, 3.8) is 0 Å². The Morgan fingerprint density at radius 1 is 0.806 bits per heavy atom. The summed E-state index contributed by atoms with van der Waals surface area (Å²) in [6.45, 7) is 5.52. The third-order valence-electron chi connectivity index (χ3n) is 5.16. The van der Waals surface area contributed by atoms with Crippen LogP contribution in [0.2, 0.25) is 0 Å². The Morgan fingerprint density at radius 3 is 1.86 bits per heavy atom. The number of carbonyl (C=O) groups excluding carboxylic acids is 1. The number of rotatable bonds is 7. The van der Waals surface area contributed by atoms with E-state index in [-0.39, 0.29) is 11.7 Å². The van der Waals surface area contributed by atoms with Gasteiger partial charge in [-0.05, 0) is 48.5 Å². The van der Waals surface area contributed by atoms with Gasteiger partial charge < -0.3 is 9.47 Å². The summed E-state index contributed by atoms with van der Waals surface area (Å²) in [4.78, 5) is 18.0. The zero-order chi connectivity index (χ0) is 26.1. The summed E-state index contributed by atoms with van der Waals surface area (Å²) >= 11 is 0. The molecule has 0 spiro atoms. The van der Waals surface area contributed by atoms with Crippen LogP contribution in [0.5, 0.6) is 11.5 Å². The van der Waals surface area contributed by atoms with Crippen LogP contribution in [0.15, 0.2) is 99.2 Å². The molecule has 0 atom stereocenters. The predicted octanol–water partition coefficient (Wildman–Crippen LogP) is 6.30. The molecule has 0 saturated heterocycles. The fourth-order valence-electron chi connectivity index (χ4n) is 3.18. The van der Waals surface area contributed by atoms with Crippen LogP contribution in [-0.2, 0) is 4.79 Å². The molecule has 0 aliphatic carbocycles. The molecular formula is C28H31N5O3. The molecule has 0 heterocycles. The van der Waals surface area contributed by atoms with E-state index in [0.29, 0.717) is 28.6 Å². The fraction of sp³-hybridized carbons (Fsp3) is 0.250. The lowest BCUT2D eigenvalue weighted by molar-refractivity contribution is -0.125. The van der Waals surface area contributed by atoms with E-state index in [2.05, 4.69) is 15.2 Å². The number of amides is 1. The molecule has 0 fully saturated rings. The normalized spacial score (nSPS) is 12.5. The first-order valence-corrected chi connectivity index (χ1v) is 11.4. The summed E-state index contributed by atoms with van der Waals surface area (Å²) in [6, 6.07) is 23.8. The molecule has 36 heavy (non-hydrogen) atoms. The number of hydrogen-bond donors (Lipinski definition) is 0. The van der Waals surface area contributed by atoms with Gasteiger partial charge in [0.2, 0.25) is 5.84 Å². The summed E-state index contributed by atoms with van der Waals surface area (Å²) in [6.07, 6.45) is 0. The first-order chi connectivity index (χ1) is 17.3. The number of anilines is 1. The highest BCUT2D eigenvalue weighted by Gasteiger charge is 2.30. The number of azo groups is 1. The van der Waals surface area contributed by atoms with Gasteiger partial charge in [-0.25, -0.2) is 0 Å². The van der Waals surface area contributed by atoms with E-state index in [4.69, 9.17) is 14.6 Å². The maximum atomic E-state index is 13.5. The van der Waals surface area contributed by atoms with Gasteiger partial charge in [0, 0.05) is 18.0 Å². The lowest BCUT2D eigenvalue weighted by atomic mass is 9.95. The van der Waals surface area contributed by atoms with Gasteiger partial charge in [-0.2, -0.15) is 5.01 Å². The minimum Gasteiger partial charge on any atom is -0.497 e. The minimum atomic E-state index is -0.710. The van der Waals surface area contributed by atoms with E-state index in [0.717, 1.165) is 5.56 Å². The van der Waals surface area contributed by atoms with Crippen LogP contribution in [-0.4, -0.2) is 38.7 Å². The minimum absolute atomic E-state index is 0.188. The van der Waals surface area contributed by atoms with E-state index in [1.807, 2.05) is 51.1 Å². The number of amidine groups is 1. The second kappa shape index (κ2) is 11.9. The monoisotopic (exact) mass is 485 g/mol. The van der Waals surface area contributed by atoms with E-state index < -0.39 is 5.41 Å². The number of hydrazone groups is 1. The number of hydrogen-bond acceptors (Lipinski definition) is 6. The Bertz CT molecular complexity index is 1240. The molecule has 3 rings (SSSR count). The van der Waals surface area contributed by atoms with Crippen LogP contribution in [0.4, 0.5) is 11.4 Å². The molecule has 3 aromatic carbocycles. The Morgan fingerprint density at radius 2 is 1.36 bits per heavy atom. The van der Waals surface area contributed by atoms with Crippen LogP contribution >= 0.6 is 0 Å². The van der Waals surface area contributed by atoms with E-state index in [1.54, 1.807) is 69.8 Å². The Hall–Kier alpha value is -4.33. The smallest absolute Gasteiger partial charge is 0.252 e. The molecule has 0 radical (unpaired) electrons. The highest BCUT2D eigenvalue weighted by atomic mass is 16.5. The van der Waals surface area contributed by atoms with Crippen molar-refractivity contribution < 1.29 is 14.3 Å². The van der Waals surface area contributed by atoms with Crippen molar-refractivity contribution in [1.82, 2.24) is 0 Å². The number of methoxy groups -OCH3 is 2. The van der Waals surface area contributed by atoms with Crippen molar-refractivity contribution in [2.75, 3.05) is 26.3 Å². The molecule has 1 amide bonds. The van der Waals surface area contributed by atoms with Gasteiger partial charge in [-0.3, -0.25) is 9.79 Å². The topological polar surface area (TPSA) is 88.2 Å². The molecule has 0 unspecified atom stereocenters. The first-order valence-electron chi connectivity index (χ1n) is 11.4. The summed E-state index contributed by atoms with van der Waals surface area (Å²) in [7, 11) is 4.85. The van der Waals surface area contributed by atoms with E-state index >= 15 is 0 Å². The molecule has 0 bridgehead atoms. The average Bonchev–Trinajstić information content (AvgIpc) is 2.90. The van der Waals surface area contributed by atoms with Crippen LogP contribution < -0.4 is 14.5 Å². The van der Waals surface area contributed by atoms with Crippen LogP contribution in [0.3, 0.4) is 0 Å². The largest absolute Gasteiger partial charge is 0.497 e. The fourth-order valence-corrected chi connectivity index (χ4v) is 3.18. The maximum absolute atomic E-state index is 13.5. The first kappa shape index (κ1) is 26.3. The number of ether oxygens (including phenoxy) is 2. The van der Waals surface area contributed by atoms with E-state index in [1.165, 1.54) is 5.01 Å². The van der Waals surface area contributed by atoms with Gasteiger partial charge in [-0.1, -0.05) is 51.1 Å². The number of nitrogens with zero attached hydrogens (tertiary/aromatic N) is 5. The summed E-state index contributed by atoms with van der Waals surface area (Å²) in [5.74, 6) is 1.36. The van der Waals surface area contributed by atoms with Crippen LogP contribution in [0.1, 0.15) is 26.3 Å². The lowest BCUT2D eigenvalue weighted by Crippen LogP contribution is -2.37. The quantitative estimate of drug-likeness (QED) is 0.170. The Labute approximate surface area is 212 Å². The summed E-state index contributed by atoms with van der Waals surface area (Å²) in [5.41, 5.74) is 1.75. The van der Waals surface area contributed by atoms with Gasteiger partial charge in [0.05, 0.1) is 25.6 Å². The summed E-state index contributed by atoms with van der Waals surface area (Å²) < 4.78 is 10.5. The van der Waals surface area contributed by atoms with Gasteiger partial charge in [-0.15, -0.1) is 15.3 Å². The highest BCUT2D eigenvalue weighted by molar-refractivity contribution is 6.48. The van der Waals surface area contributed by atoms with Crippen molar-refractivity contribution >= 4 is 28.8 Å². The van der Waals surface area contributed by atoms with Gasteiger partial charge in [0.15, 0.2) is 0 Å². The van der Waals surface area contributed by atoms with Gasteiger partial charge in [0.1, 0.15) is 17.2 Å². The standard InChI is InChI=1S/C28H31N5O3/c1-28(2,3)27(34)33(22-14-18-24(36-6)19-15-22)32-26(25(29-4)20-10-8-7-9-11-20)31-30-21-12-16-23(35-5)17-13-21/h7-19H,1-6H3/b29-25?,31-30?,32-26-. The second-order valence-electron chi connectivity index (χ2n) is 8.82. The van der Waals surface area contributed by atoms with Crippen molar-refractivity contribution in [3.05, 3.63) is 84.4 Å². The Kier molecular flexibility index (Phi) is 8.67. The van der Waals surface area contributed by atoms with Crippen molar-refractivity contribution in [2.24, 2.45) is 25.7 Å². The van der Waals surface area contributed by atoms with Gasteiger partial charge in [0.25, 0.3) is 5.91 Å². The molecule has 0 N–H and O–H groups in total. The SMILES string of the molecule is CN=C(/C(N=Nc1ccc(OC)cc1)=N/N(C(=O)C(C)(C)C)c1ccc(OC)cc1)c1ccccc1. The predicted molar refractivity (Wildman–Crippen MR) is 144 cm³/mol. The molecule has 3 aromatic rings. The van der Waals surface area contributed by atoms with Crippen molar-refractivity contribution in [1.29, 1.82) is 0 Å². The zero-order valence-corrected chi connectivity index (χ0v) is 21.5. The molecule has 0 saturated carbocycles. The molecule has 0 aliphatic rings. The molecule has 0 aliphatic heterocycles. The lowest BCUT2D eigenvalue weighted by Gasteiger charge is -2.26. The molecule has 186 valence electrons. The zero-order valence-electron chi connectivity index (χ0n) is 21.5. The molecule has 8 heteroatoms. The Balaban J connectivity index is 2.16. The number of carbonyl (C=O) groups is 1. The van der Waals surface area contributed by atoms with Gasteiger partial charge >= 0.3 is 0 Å². The van der Waals surface area contributed by atoms with Crippen molar-refractivity contribution in [3.8, 4) is 11.5 Å². The van der Waals surface area contributed by atoms with Crippen LogP contribution in [0, 0.1) is 5.41 Å². The van der Waals surface area contributed by atoms with E-state index in [9.17, 15) is 4.79 Å². The third-order valence-corrected chi connectivity index (χ3v) is 5.16. The second-order valence-corrected chi connectivity index (χ2v) is 8.82. The molecule has 0 aromatic heterocycles. The summed E-state index contributed by atoms with van der Waals surface area (Å²) in [5, 5.41) is 14.9. The maximum Gasteiger partial charge on any atom is 0.252 e. The van der Waals surface area contributed by atoms with Crippen LogP contribution in [0.25, 0.3) is 0 Å². The highest BCUT2D eigenvalue weighted by Crippen LogP contribution is 2.26.